The Hall–Kier alpha value is -1.56. The second-order valence-corrected chi connectivity index (χ2v) is 5.07. The molecule has 0 radical (unpaired) electrons. The molecule has 0 saturated carbocycles. The molecule has 1 amide bonds. The highest BCUT2D eigenvalue weighted by Crippen LogP contribution is 2.17. The monoisotopic (exact) mass is 267 g/mol. The summed E-state index contributed by atoms with van der Waals surface area (Å²) in [6, 6.07) is 0. The molecule has 0 saturated heterocycles. The molecule has 0 aromatic carbocycles. The zero-order chi connectivity index (χ0) is 14.6. The van der Waals surface area contributed by atoms with Crippen LogP contribution in [0.5, 0.6) is 0 Å². The van der Waals surface area contributed by atoms with Gasteiger partial charge in [-0.15, -0.1) is 0 Å². The largest absolute Gasteiger partial charge is 0.395 e. The third-order valence-corrected chi connectivity index (χ3v) is 3.07. The van der Waals surface area contributed by atoms with E-state index in [1.807, 2.05) is 25.9 Å². The van der Waals surface area contributed by atoms with Gasteiger partial charge in [0.2, 0.25) is 0 Å². The summed E-state index contributed by atoms with van der Waals surface area (Å²) in [5.41, 5.74) is 7.63. The van der Waals surface area contributed by atoms with Crippen molar-refractivity contribution in [2.75, 3.05) is 39.5 Å². The van der Waals surface area contributed by atoms with Gasteiger partial charge < -0.3 is 15.5 Å². The standard InChI is InChI=1S/C13H25N5O/c1-6-7-18(9-8-16(3)4)13(19)12-11(14)10(2)15-17(12)5/h6-9,14H2,1-5H3. The molecule has 0 aliphatic heterocycles. The highest BCUT2D eigenvalue weighted by Gasteiger charge is 2.23. The van der Waals surface area contributed by atoms with Gasteiger partial charge in [-0.2, -0.15) is 5.10 Å². The lowest BCUT2D eigenvalue weighted by Gasteiger charge is -2.24. The number of carbonyl (C=O) groups is 1. The van der Waals surface area contributed by atoms with Crippen molar-refractivity contribution in [2.45, 2.75) is 20.3 Å². The van der Waals surface area contributed by atoms with Crippen LogP contribution < -0.4 is 5.73 Å². The first-order valence-electron chi connectivity index (χ1n) is 6.61. The highest BCUT2D eigenvalue weighted by molar-refractivity contribution is 5.98. The second kappa shape index (κ2) is 6.56. The average molecular weight is 267 g/mol. The van der Waals surface area contributed by atoms with Gasteiger partial charge in [-0.05, 0) is 27.4 Å². The molecule has 108 valence electrons. The number of nitrogens with two attached hydrogens (primary N) is 1. The Balaban J connectivity index is 2.92. The van der Waals surface area contributed by atoms with Gasteiger partial charge in [0.05, 0.1) is 11.4 Å². The number of hydrogen-bond donors (Lipinski definition) is 1. The Morgan fingerprint density at radius 3 is 2.37 bits per heavy atom. The van der Waals surface area contributed by atoms with Gasteiger partial charge in [0.15, 0.2) is 0 Å². The molecule has 0 aliphatic rings. The predicted molar refractivity (Wildman–Crippen MR) is 77.1 cm³/mol. The minimum Gasteiger partial charge on any atom is -0.395 e. The summed E-state index contributed by atoms with van der Waals surface area (Å²) < 4.78 is 1.57. The number of anilines is 1. The van der Waals surface area contributed by atoms with E-state index >= 15 is 0 Å². The summed E-state index contributed by atoms with van der Waals surface area (Å²) in [7, 11) is 5.75. The fraction of sp³-hybridized carbons (Fsp3) is 0.692. The molecular weight excluding hydrogens is 242 g/mol. The molecule has 0 fully saturated rings. The van der Waals surface area contributed by atoms with Crippen LogP contribution in [-0.4, -0.2) is 59.2 Å². The summed E-state index contributed by atoms with van der Waals surface area (Å²) in [5.74, 6) is -0.0377. The van der Waals surface area contributed by atoms with Gasteiger partial charge in [0.1, 0.15) is 5.69 Å². The van der Waals surface area contributed by atoms with Gasteiger partial charge in [0.25, 0.3) is 5.91 Å². The number of rotatable bonds is 6. The van der Waals surface area contributed by atoms with E-state index < -0.39 is 0 Å². The zero-order valence-electron chi connectivity index (χ0n) is 12.6. The number of nitrogen functional groups attached to an aromatic ring is 1. The van der Waals surface area contributed by atoms with Gasteiger partial charge in [-0.3, -0.25) is 9.48 Å². The molecule has 19 heavy (non-hydrogen) atoms. The SMILES string of the molecule is CCCN(CCN(C)C)C(=O)c1c(N)c(C)nn1C. The molecule has 6 nitrogen and oxygen atoms in total. The van der Waals surface area contributed by atoms with E-state index in [1.165, 1.54) is 0 Å². The molecule has 0 spiro atoms. The minimum absolute atomic E-state index is 0.0377. The van der Waals surface area contributed by atoms with Crippen molar-refractivity contribution in [1.29, 1.82) is 0 Å². The van der Waals surface area contributed by atoms with E-state index in [0.29, 0.717) is 23.6 Å². The predicted octanol–water partition coefficient (Wildman–Crippen LogP) is 0.725. The number of amides is 1. The van der Waals surface area contributed by atoms with E-state index in [9.17, 15) is 4.79 Å². The zero-order valence-corrected chi connectivity index (χ0v) is 12.6. The molecule has 1 heterocycles. The van der Waals surface area contributed by atoms with Gasteiger partial charge in [0, 0.05) is 26.7 Å². The van der Waals surface area contributed by atoms with E-state index in [4.69, 9.17) is 5.73 Å². The van der Waals surface area contributed by atoms with Crippen LogP contribution in [0, 0.1) is 6.92 Å². The summed E-state index contributed by atoms with van der Waals surface area (Å²) >= 11 is 0. The third-order valence-electron chi connectivity index (χ3n) is 3.07. The minimum atomic E-state index is -0.0377. The maximum absolute atomic E-state index is 12.6. The van der Waals surface area contributed by atoms with Crippen LogP contribution in [0.3, 0.4) is 0 Å². The van der Waals surface area contributed by atoms with E-state index in [0.717, 1.165) is 19.5 Å². The smallest absolute Gasteiger partial charge is 0.274 e. The van der Waals surface area contributed by atoms with Gasteiger partial charge in [-0.1, -0.05) is 6.92 Å². The van der Waals surface area contributed by atoms with Gasteiger partial charge in [-0.25, -0.2) is 0 Å². The molecule has 1 aromatic rings. The third kappa shape index (κ3) is 3.70. The molecule has 0 aliphatic carbocycles. The van der Waals surface area contributed by atoms with Crippen LogP contribution in [0.15, 0.2) is 0 Å². The number of aryl methyl sites for hydroxylation is 2. The Morgan fingerprint density at radius 2 is 1.95 bits per heavy atom. The average Bonchev–Trinajstić information content (AvgIpc) is 2.58. The lowest BCUT2D eigenvalue weighted by Crippen LogP contribution is -2.38. The Kier molecular flexibility index (Phi) is 5.35. The van der Waals surface area contributed by atoms with Crippen molar-refractivity contribution in [1.82, 2.24) is 19.6 Å². The number of nitrogens with zero attached hydrogens (tertiary/aromatic N) is 4. The Bertz CT molecular complexity index is 438. The molecule has 1 aromatic heterocycles. The maximum atomic E-state index is 12.6. The van der Waals surface area contributed by atoms with Crippen LogP contribution in [0.4, 0.5) is 5.69 Å². The summed E-state index contributed by atoms with van der Waals surface area (Å²) in [6.07, 6.45) is 0.926. The van der Waals surface area contributed by atoms with Crippen molar-refractivity contribution in [3.05, 3.63) is 11.4 Å². The van der Waals surface area contributed by atoms with Crippen LogP contribution in [0.2, 0.25) is 0 Å². The topological polar surface area (TPSA) is 67.4 Å². The molecule has 0 atom stereocenters. The van der Waals surface area contributed by atoms with Crippen molar-refractivity contribution >= 4 is 11.6 Å². The summed E-state index contributed by atoms with van der Waals surface area (Å²) in [4.78, 5) is 16.5. The summed E-state index contributed by atoms with van der Waals surface area (Å²) in [5, 5.41) is 4.20. The molecule has 1 rings (SSSR count). The Labute approximate surface area is 115 Å². The summed E-state index contributed by atoms with van der Waals surface area (Å²) in [6.45, 7) is 6.14. The number of aromatic nitrogens is 2. The van der Waals surface area contributed by atoms with E-state index in [-0.39, 0.29) is 5.91 Å². The Morgan fingerprint density at radius 1 is 1.32 bits per heavy atom. The normalized spacial score (nSPS) is 11.1. The number of likely N-dealkylation sites (N-methyl/N-ethyl adjacent to an activating group) is 1. The lowest BCUT2D eigenvalue weighted by atomic mass is 10.2. The van der Waals surface area contributed by atoms with Crippen LogP contribution >= 0.6 is 0 Å². The first-order chi connectivity index (χ1) is 8.88. The quantitative estimate of drug-likeness (QED) is 0.825. The van der Waals surface area contributed by atoms with Crippen LogP contribution in [0.25, 0.3) is 0 Å². The molecule has 6 heteroatoms. The number of carbonyl (C=O) groups excluding carboxylic acids is 1. The van der Waals surface area contributed by atoms with Gasteiger partial charge >= 0.3 is 0 Å². The van der Waals surface area contributed by atoms with Crippen molar-refractivity contribution in [3.63, 3.8) is 0 Å². The molecule has 2 N–H and O–H groups in total. The van der Waals surface area contributed by atoms with E-state index in [1.54, 1.807) is 11.7 Å². The molecule has 0 unspecified atom stereocenters. The number of hydrogen-bond acceptors (Lipinski definition) is 4. The van der Waals surface area contributed by atoms with Crippen molar-refractivity contribution < 1.29 is 4.79 Å². The first-order valence-corrected chi connectivity index (χ1v) is 6.61. The molecular formula is C13H25N5O. The van der Waals surface area contributed by atoms with Crippen molar-refractivity contribution in [3.8, 4) is 0 Å². The van der Waals surface area contributed by atoms with Crippen LogP contribution in [-0.2, 0) is 7.05 Å². The fourth-order valence-electron chi connectivity index (χ4n) is 1.98. The lowest BCUT2D eigenvalue weighted by molar-refractivity contribution is 0.0735. The highest BCUT2D eigenvalue weighted by atomic mass is 16.2. The first kappa shape index (κ1) is 15.5. The van der Waals surface area contributed by atoms with E-state index in [2.05, 4.69) is 16.9 Å². The second-order valence-electron chi connectivity index (χ2n) is 5.07. The maximum Gasteiger partial charge on any atom is 0.274 e. The van der Waals surface area contributed by atoms with Crippen LogP contribution in [0.1, 0.15) is 29.5 Å². The van der Waals surface area contributed by atoms with Crippen molar-refractivity contribution in [2.24, 2.45) is 7.05 Å². The fourth-order valence-corrected chi connectivity index (χ4v) is 1.98. The molecule has 0 bridgehead atoms.